The molecular formula is C33H34N6O3. The van der Waals surface area contributed by atoms with Crippen LogP contribution in [0.2, 0.25) is 0 Å². The second-order valence-electron chi connectivity index (χ2n) is 10.8. The number of carbonyl (C=O) groups excluding carboxylic acids is 1. The van der Waals surface area contributed by atoms with Crippen molar-refractivity contribution in [3.8, 4) is 34.1 Å². The van der Waals surface area contributed by atoms with Gasteiger partial charge in [0.05, 0.1) is 23.7 Å². The molecule has 2 aromatic heterocycles. The number of aromatic amines is 1. The van der Waals surface area contributed by atoms with Crippen LogP contribution in [-0.2, 0) is 6.54 Å². The lowest BCUT2D eigenvalue weighted by molar-refractivity contribution is 0.102. The number of amides is 1. The number of aromatic hydroxyl groups is 1. The first-order chi connectivity index (χ1) is 20.4. The number of phenols is 1. The van der Waals surface area contributed by atoms with Crippen molar-refractivity contribution in [3.05, 3.63) is 89.6 Å². The van der Waals surface area contributed by atoms with Gasteiger partial charge in [-0.15, -0.1) is 0 Å². The zero-order valence-electron chi connectivity index (χ0n) is 24.0. The van der Waals surface area contributed by atoms with Gasteiger partial charge in [-0.1, -0.05) is 18.2 Å². The molecule has 3 N–H and O–H groups in total. The zero-order chi connectivity index (χ0) is 29.2. The van der Waals surface area contributed by atoms with Gasteiger partial charge >= 0.3 is 0 Å². The minimum absolute atomic E-state index is 0.0623. The summed E-state index contributed by atoms with van der Waals surface area (Å²) >= 11 is 0. The first kappa shape index (κ1) is 27.4. The number of hydrogen-bond donors (Lipinski definition) is 3. The number of hydrogen-bond acceptors (Lipinski definition) is 7. The van der Waals surface area contributed by atoms with Crippen molar-refractivity contribution in [2.24, 2.45) is 0 Å². The number of aryl methyl sites for hydroxylation is 1. The number of phenolic OH excluding ortho intramolecular Hbond substituents is 1. The van der Waals surface area contributed by atoms with Crippen LogP contribution in [0, 0.1) is 6.92 Å². The predicted octanol–water partition coefficient (Wildman–Crippen LogP) is 5.31. The molecule has 1 saturated heterocycles. The first-order valence-electron chi connectivity index (χ1n) is 14.0. The summed E-state index contributed by atoms with van der Waals surface area (Å²) in [6.45, 7) is 7.31. The summed E-state index contributed by atoms with van der Waals surface area (Å²) in [5.41, 5.74) is 6.89. The van der Waals surface area contributed by atoms with Crippen molar-refractivity contribution < 1.29 is 14.6 Å². The number of imidazole rings is 1. The van der Waals surface area contributed by atoms with Crippen LogP contribution in [0.5, 0.6) is 11.6 Å². The molecule has 5 aromatic rings. The number of ether oxygens (including phenoxy) is 1. The fourth-order valence-corrected chi connectivity index (χ4v) is 5.39. The molecule has 0 saturated carbocycles. The number of fused-ring (bicyclic) bond motifs is 1. The van der Waals surface area contributed by atoms with E-state index >= 15 is 0 Å². The number of likely N-dealkylation sites (N-methyl/N-ethyl adjacent to an activating group) is 1. The highest BCUT2D eigenvalue weighted by Gasteiger charge is 2.18. The maximum Gasteiger partial charge on any atom is 0.255 e. The Balaban J connectivity index is 1.20. The van der Waals surface area contributed by atoms with Gasteiger partial charge in [0.2, 0.25) is 5.88 Å². The van der Waals surface area contributed by atoms with Crippen molar-refractivity contribution in [2.75, 3.05) is 45.7 Å². The summed E-state index contributed by atoms with van der Waals surface area (Å²) < 4.78 is 5.39. The zero-order valence-corrected chi connectivity index (χ0v) is 24.0. The molecule has 0 spiro atoms. The molecule has 0 unspecified atom stereocenters. The van der Waals surface area contributed by atoms with E-state index in [1.54, 1.807) is 43.6 Å². The normalized spacial score (nSPS) is 14.3. The lowest BCUT2D eigenvalue weighted by Crippen LogP contribution is -2.43. The van der Waals surface area contributed by atoms with E-state index in [9.17, 15) is 9.90 Å². The lowest BCUT2D eigenvalue weighted by atomic mass is 10.0. The Kier molecular flexibility index (Phi) is 7.60. The topological polar surface area (TPSA) is 107 Å². The van der Waals surface area contributed by atoms with Crippen LogP contribution >= 0.6 is 0 Å². The van der Waals surface area contributed by atoms with Crippen molar-refractivity contribution in [3.63, 3.8) is 0 Å². The van der Waals surface area contributed by atoms with Gasteiger partial charge in [0.25, 0.3) is 5.91 Å². The van der Waals surface area contributed by atoms with E-state index in [1.165, 1.54) is 5.56 Å². The fraction of sp³-hybridized carbons (Fsp3) is 0.242. The highest BCUT2D eigenvalue weighted by molar-refractivity contribution is 6.06. The van der Waals surface area contributed by atoms with Crippen LogP contribution < -0.4 is 10.1 Å². The van der Waals surface area contributed by atoms with E-state index in [1.807, 2.05) is 30.3 Å². The average Bonchev–Trinajstić information content (AvgIpc) is 3.43. The molecule has 214 valence electrons. The predicted molar refractivity (Wildman–Crippen MR) is 165 cm³/mol. The van der Waals surface area contributed by atoms with Crippen molar-refractivity contribution in [1.82, 2.24) is 24.8 Å². The molecule has 0 radical (unpaired) electrons. The average molecular weight is 563 g/mol. The minimum atomic E-state index is -0.201. The highest BCUT2D eigenvalue weighted by atomic mass is 16.5. The molecule has 0 atom stereocenters. The van der Waals surface area contributed by atoms with Crippen molar-refractivity contribution in [2.45, 2.75) is 13.5 Å². The van der Waals surface area contributed by atoms with Gasteiger partial charge in [-0.25, -0.2) is 9.97 Å². The van der Waals surface area contributed by atoms with Gasteiger partial charge in [0.15, 0.2) is 0 Å². The van der Waals surface area contributed by atoms with Crippen LogP contribution in [0.25, 0.3) is 33.5 Å². The standard InChI is InChI=1S/C33H34N6O3/c1-21-18-24(11-9-23(21)20-39-16-14-38(2)15-17-39)35-32(41)22-10-12-28-29(19-22)37-31(36-28)27-7-4-6-25(30(27)40)26-8-5-13-34-33(26)42-3/h4-13,18-19,40H,14-17,20H2,1-3H3,(H,35,41)(H,36,37). The van der Waals surface area contributed by atoms with Gasteiger partial charge in [-0.3, -0.25) is 9.69 Å². The van der Waals surface area contributed by atoms with Crippen LogP contribution in [0.4, 0.5) is 5.69 Å². The molecular weight excluding hydrogens is 528 g/mol. The third-order valence-corrected chi connectivity index (χ3v) is 7.88. The number of methoxy groups -OCH3 is 1. The molecule has 0 aliphatic carbocycles. The second-order valence-corrected chi connectivity index (χ2v) is 10.8. The number of pyridine rings is 1. The molecule has 1 aliphatic rings. The molecule has 6 rings (SSSR count). The van der Waals surface area contributed by atoms with Gasteiger partial charge < -0.3 is 25.0 Å². The summed E-state index contributed by atoms with van der Waals surface area (Å²) in [5, 5.41) is 14.2. The van der Waals surface area contributed by atoms with Crippen molar-refractivity contribution >= 4 is 22.6 Å². The number of H-pyrrole nitrogens is 1. The summed E-state index contributed by atoms with van der Waals surface area (Å²) in [4.78, 5) is 30.2. The minimum Gasteiger partial charge on any atom is -0.507 e. The lowest BCUT2D eigenvalue weighted by Gasteiger charge is -2.32. The molecule has 42 heavy (non-hydrogen) atoms. The third-order valence-electron chi connectivity index (χ3n) is 7.88. The summed E-state index contributed by atoms with van der Waals surface area (Å²) in [7, 11) is 3.71. The molecule has 1 aliphatic heterocycles. The largest absolute Gasteiger partial charge is 0.507 e. The van der Waals surface area contributed by atoms with E-state index in [2.05, 4.69) is 50.1 Å². The first-order valence-corrected chi connectivity index (χ1v) is 14.0. The Morgan fingerprint density at radius 1 is 1.00 bits per heavy atom. The number of nitrogens with one attached hydrogen (secondary N) is 2. The number of rotatable bonds is 7. The summed E-state index contributed by atoms with van der Waals surface area (Å²) in [6, 6.07) is 20.5. The van der Waals surface area contributed by atoms with Crippen LogP contribution in [-0.4, -0.2) is 76.1 Å². The number of para-hydroxylation sites is 1. The monoisotopic (exact) mass is 562 g/mol. The van der Waals surface area contributed by atoms with E-state index in [4.69, 9.17) is 4.74 Å². The van der Waals surface area contributed by atoms with Crippen LogP contribution in [0.15, 0.2) is 72.9 Å². The van der Waals surface area contributed by atoms with E-state index in [0.717, 1.165) is 44.0 Å². The van der Waals surface area contributed by atoms with E-state index < -0.39 is 0 Å². The Bertz CT molecular complexity index is 1760. The Hall–Kier alpha value is -4.73. The highest BCUT2D eigenvalue weighted by Crippen LogP contribution is 2.40. The van der Waals surface area contributed by atoms with E-state index in [-0.39, 0.29) is 11.7 Å². The molecule has 1 fully saturated rings. The maximum absolute atomic E-state index is 13.2. The van der Waals surface area contributed by atoms with Crippen LogP contribution in [0.3, 0.4) is 0 Å². The fourth-order valence-electron chi connectivity index (χ4n) is 5.39. The van der Waals surface area contributed by atoms with Gasteiger partial charge in [-0.05, 0) is 73.6 Å². The Morgan fingerprint density at radius 2 is 1.79 bits per heavy atom. The number of nitrogens with zero attached hydrogens (tertiary/aromatic N) is 4. The quantitative estimate of drug-likeness (QED) is 0.247. The number of benzene rings is 3. The molecule has 9 nitrogen and oxygen atoms in total. The maximum atomic E-state index is 13.2. The molecule has 3 heterocycles. The number of carbonyl (C=O) groups is 1. The Labute approximate surface area is 244 Å². The second kappa shape index (κ2) is 11.6. The van der Waals surface area contributed by atoms with Gasteiger partial charge in [0.1, 0.15) is 11.6 Å². The molecule has 3 aromatic carbocycles. The molecule has 0 bridgehead atoms. The summed E-state index contributed by atoms with van der Waals surface area (Å²) in [5.74, 6) is 0.779. The molecule has 1 amide bonds. The van der Waals surface area contributed by atoms with Crippen LogP contribution in [0.1, 0.15) is 21.5 Å². The van der Waals surface area contributed by atoms with Gasteiger partial charge in [0, 0.05) is 61.3 Å². The SMILES string of the molecule is COc1ncccc1-c1cccc(-c2nc3ccc(C(=O)Nc4ccc(CN5CCN(C)CC5)c(C)c4)cc3[nH]2)c1O. The number of aromatic nitrogens is 3. The number of piperazine rings is 1. The molecule has 9 heteroatoms. The Morgan fingerprint density at radius 3 is 2.57 bits per heavy atom. The van der Waals surface area contributed by atoms with Gasteiger partial charge in [-0.2, -0.15) is 0 Å². The van der Waals surface area contributed by atoms with Crippen molar-refractivity contribution in [1.29, 1.82) is 0 Å². The third kappa shape index (κ3) is 5.57. The smallest absolute Gasteiger partial charge is 0.255 e. The number of anilines is 1. The van der Waals surface area contributed by atoms with E-state index in [0.29, 0.717) is 45.0 Å². The summed E-state index contributed by atoms with van der Waals surface area (Å²) in [6.07, 6.45) is 1.64.